The molecule has 0 atom stereocenters. The van der Waals surface area contributed by atoms with E-state index in [9.17, 15) is 5.11 Å². The number of aliphatic hydroxyl groups is 1. The van der Waals surface area contributed by atoms with Crippen molar-refractivity contribution in [2.45, 2.75) is 32.3 Å². The summed E-state index contributed by atoms with van der Waals surface area (Å²) in [6.45, 7) is 6.03. The first kappa shape index (κ1) is 9.01. The molecule has 0 amide bonds. The summed E-state index contributed by atoms with van der Waals surface area (Å²) in [6.07, 6.45) is 2.23. The third-order valence-electron chi connectivity index (χ3n) is 2.69. The summed E-state index contributed by atoms with van der Waals surface area (Å²) in [5.74, 6) is 0.480. The van der Waals surface area contributed by atoms with Gasteiger partial charge in [-0.15, -0.1) is 0 Å². The summed E-state index contributed by atoms with van der Waals surface area (Å²) < 4.78 is 0. The van der Waals surface area contributed by atoms with Crippen LogP contribution in [0.15, 0.2) is 0 Å². The first-order valence-electron chi connectivity index (χ1n) is 4.39. The van der Waals surface area contributed by atoms with Gasteiger partial charge in [-0.3, -0.25) is 0 Å². The molecule has 0 radical (unpaired) electrons. The van der Waals surface area contributed by atoms with E-state index in [0.717, 1.165) is 25.9 Å². The Labute approximate surface area is 69.2 Å². The van der Waals surface area contributed by atoms with Crippen LogP contribution in [-0.2, 0) is 0 Å². The second kappa shape index (κ2) is 3.11. The quantitative estimate of drug-likeness (QED) is 0.508. The fraction of sp³-hybridized carbons (Fsp3) is 0.889. The maximum absolute atomic E-state index is 9.70. The SMILES string of the molecule is [CH2-][NH+]1CCC(C(C)(C)O)CC1. The van der Waals surface area contributed by atoms with Crippen LogP contribution in [0.2, 0.25) is 0 Å². The van der Waals surface area contributed by atoms with E-state index >= 15 is 0 Å². The first-order valence-corrected chi connectivity index (χ1v) is 4.39. The lowest BCUT2D eigenvalue weighted by atomic mass is 9.83. The lowest BCUT2D eigenvalue weighted by Crippen LogP contribution is -3.08. The Bertz CT molecular complexity index is 120. The van der Waals surface area contributed by atoms with Crippen LogP contribution in [0.5, 0.6) is 0 Å². The highest BCUT2D eigenvalue weighted by Crippen LogP contribution is 2.23. The summed E-state index contributed by atoms with van der Waals surface area (Å²) in [6, 6.07) is 0. The molecule has 2 N–H and O–H groups in total. The molecule has 1 heterocycles. The van der Waals surface area contributed by atoms with Gasteiger partial charge in [0.25, 0.3) is 0 Å². The maximum atomic E-state index is 9.70. The molecule has 1 rings (SSSR count). The standard InChI is InChI=1S/C9H19NO/c1-9(2,11)8-4-6-10(3)7-5-8/h8,10-11H,3-7H2,1-2H3. The predicted molar refractivity (Wildman–Crippen MR) is 45.1 cm³/mol. The van der Waals surface area contributed by atoms with E-state index in [4.69, 9.17) is 0 Å². The lowest BCUT2D eigenvalue weighted by Gasteiger charge is -2.37. The van der Waals surface area contributed by atoms with Crippen molar-refractivity contribution in [3.8, 4) is 0 Å². The van der Waals surface area contributed by atoms with Gasteiger partial charge in [0.2, 0.25) is 0 Å². The van der Waals surface area contributed by atoms with E-state index in [1.54, 1.807) is 0 Å². The average Bonchev–Trinajstić information content (AvgIpc) is 1.86. The third-order valence-corrected chi connectivity index (χ3v) is 2.69. The van der Waals surface area contributed by atoms with Gasteiger partial charge in [-0.25, -0.2) is 0 Å². The number of piperidine rings is 1. The molecule has 0 saturated carbocycles. The summed E-state index contributed by atoms with van der Waals surface area (Å²) >= 11 is 0. The molecule has 0 bridgehead atoms. The van der Waals surface area contributed by atoms with Gasteiger partial charge in [0.1, 0.15) is 0 Å². The number of hydrogen-bond donors (Lipinski definition) is 2. The minimum Gasteiger partial charge on any atom is -0.468 e. The highest BCUT2D eigenvalue weighted by atomic mass is 16.3. The fourth-order valence-corrected chi connectivity index (χ4v) is 1.73. The smallest absolute Gasteiger partial charge is 0.0624 e. The third kappa shape index (κ3) is 2.46. The van der Waals surface area contributed by atoms with Gasteiger partial charge in [-0.2, -0.15) is 7.05 Å². The highest BCUT2D eigenvalue weighted by Gasteiger charge is 2.29. The number of quaternary nitrogens is 1. The van der Waals surface area contributed by atoms with Gasteiger partial charge in [-0.05, 0) is 19.8 Å². The van der Waals surface area contributed by atoms with Crippen molar-refractivity contribution < 1.29 is 10.0 Å². The summed E-state index contributed by atoms with van der Waals surface area (Å²) in [4.78, 5) is 1.35. The van der Waals surface area contributed by atoms with Crippen molar-refractivity contribution in [1.82, 2.24) is 0 Å². The molecule has 0 aromatic rings. The molecule has 1 aliphatic rings. The van der Waals surface area contributed by atoms with Gasteiger partial charge >= 0.3 is 0 Å². The first-order chi connectivity index (χ1) is 5.00. The number of hydrogen-bond acceptors (Lipinski definition) is 1. The molecular weight excluding hydrogens is 138 g/mol. The Hall–Kier alpha value is -0.0800. The number of rotatable bonds is 1. The van der Waals surface area contributed by atoms with Crippen LogP contribution in [0, 0.1) is 13.0 Å². The van der Waals surface area contributed by atoms with Gasteiger partial charge in [0, 0.05) is 12.8 Å². The Morgan fingerprint density at radius 2 is 1.82 bits per heavy atom. The molecule has 2 nitrogen and oxygen atoms in total. The van der Waals surface area contributed by atoms with Crippen LogP contribution in [0.4, 0.5) is 0 Å². The minimum absolute atomic E-state index is 0.480. The van der Waals surface area contributed by atoms with Crippen LogP contribution in [-0.4, -0.2) is 23.8 Å². The second-order valence-corrected chi connectivity index (χ2v) is 4.18. The van der Waals surface area contributed by atoms with Gasteiger partial charge in [0.05, 0.1) is 18.7 Å². The summed E-state index contributed by atoms with van der Waals surface area (Å²) in [7, 11) is 3.95. The molecular formula is C9H19NO. The van der Waals surface area contributed by atoms with Crippen LogP contribution in [0.3, 0.4) is 0 Å². The molecule has 0 aromatic carbocycles. The highest BCUT2D eigenvalue weighted by molar-refractivity contribution is 4.78. The maximum Gasteiger partial charge on any atom is 0.0624 e. The van der Waals surface area contributed by atoms with Crippen molar-refractivity contribution >= 4 is 0 Å². The van der Waals surface area contributed by atoms with Gasteiger partial charge in [-0.1, -0.05) is 0 Å². The molecule has 1 aliphatic heterocycles. The number of nitrogens with one attached hydrogen (secondary N) is 1. The van der Waals surface area contributed by atoms with Crippen molar-refractivity contribution in [2.75, 3.05) is 13.1 Å². The normalized spacial score (nSPS) is 33.8. The van der Waals surface area contributed by atoms with Crippen molar-refractivity contribution in [1.29, 1.82) is 0 Å². The minimum atomic E-state index is -0.485. The molecule has 11 heavy (non-hydrogen) atoms. The zero-order valence-corrected chi connectivity index (χ0v) is 7.56. The predicted octanol–water partition coefficient (Wildman–Crippen LogP) is -0.156. The number of likely N-dealkylation sites (tertiary alicyclic amines) is 1. The van der Waals surface area contributed by atoms with Gasteiger partial charge in [0.15, 0.2) is 0 Å². The van der Waals surface area contributed by atoms with E-state index < -0.39 is 5.60 Å². The molecule has 2 heteroatoms. The zero-order chi connectivity index (χ0) is 8.48. The van der Waals surface area contributed by atoms with Crippen molar-refractivity contribution in [3.63, 3.8) is 0 Å². The molecule has 1 fully saturated rings. The topological polar surface area (TPSA) is 24.7 Å². The Balaban J connectivity index is 2.39. The van der Waals surface area contributed by atoms with Crippen molar-refractivity contribution in [2.24, 2.45) is 5.92 Å². The Morgan fingerprint density at radius 3 is 2.18 bits per heavy atom. The zero-order valence-electron chi connectivity index (χ0n) is 7.56. The molecule has 0 aromatic heterocycles. The van der Waals surface area contributed by atoms with Crippen LogP contribution in [0.25, 0.3) is 0 Å². The molecule has 0 spiro atoms. The van der Waals surface area contributed by atoms with Crippen LogP contribution >= 0.6 is 0 Å². The van der Waals surface area contributed by atoms with Gasteiger partial charge < -0.3 is 10.0 Å². The van der Waals surface area contributed by atoms with E-state index in [1.165, 1.54) is 4.90 Å². The largest absolute Gasteiger partial charge is 0.468 e. The van der Waals surface area contributed by atoms with E-state index in [0.29, 0.717) is 5.92 Å². The molecule has 1 saturated heterocycles. The fourth-order valence-electron chi connectivity index (χ4n) is 1.73. The second-order valence-electron chi connectivity index (χ2n) is 4.18. The van der Waals surface area contributed by atoms with E-state index in [-0.39, 0.29) is 0 Å². The van der Waals surface area contributed by atoms with Crippen LogP contribution in [0.1, 0.15) is 26.7 Å². The van der Waals surface area contributed by atoms with E-state index in [1.807, 2.05) is 13.8 Å². The average molecular weight is 157 g/mol. The Kier molecular flexibility index (Phi) is 2.55. The van der Waals surface area contributed by atoms with Crippen LogP contribution < -0.4 is 4.90 Å². The Morgan fingerprint density at radius 1 is 1.36 bits per heavy atom. The summed E-state index contributed by atoms with van der Waals surface area (Å²) in [5, 5.41) is 9.70. The van der Waals surface area contributed by atoms with E-state index in [2.05, 4.69) is 7.05 Å². The lowest BCUT2D eigenvalue weighted by molar-refractivity contribution is -0.861. The molecule has 0 unspecified atom stereocenters. The summed E-state index contributed by atoms with van der Waals surface area (Å²) in [5.41, 5.74) is -0.485. The molecule has 66 valence electrons. The molecule has 0 aliphatic carbocycles. The monoisotopic (exact) mass is 157 g/mol. The van der Waals surface area contributed by atoms with Crippen molar-refractivity contribution in [3.05, 3.63) is 7.05 Å².